The van der Waals surface area contributed by atoms with E-state index in [4.69, 9.17) is 4.74 Å². The molecule has 0 spiro atoms. The fourth-order valence-corrected chi connectivity index (χ4v) is 6.25. The van der Waals surface area contributed by atoms with E-state index < -0.39 is 0 Å². The van der Waals surface area contributed by atoms with Gasteiger partial charge in [0.15, 0.2) is 5.13 Å². The van der Waals surface area contributed by atoms with Gasteiger partial charge in [0, 0.05) is 36.8 Å². The smallest absolute Gasteiger partial charge is 0.257 e. The number of hydrogen-bond donors (Lipinski definition) is 2. The number of likely N-dealkylation sites (N-methyl/N-ethyl adjacent to an activating group) is 1. The zero-order valence-electron chi connectivity index (χ0n) is 21.9. The molecule has 9 nitrogen and oxygen atoms in total. The third-order valence-corrected chi connectivity index (χ3v) is 8.69. The first-order chi connectivity index (χ1) is 18.3. The van der Waals surface area contributed by atoms with Gasteiger partial charge in [0.25, 0.3) is 5.91 Å². The zero-order valence-corrected chi connectivity index (χ0v) is 23.6. The largest absolute Gasteiger partial charge is 0.496 e. The maximum atomic E-state index is 13.8. The van der Waals surface area contributed by atoms with Gasteiger partial charge in [-0.05, 0) is 56.8 Å². The molecule has 1 unspecified atom stereocenters. The normalized spacial score (nSPS) is 16.2. The average molecular weight is 553 g/mol. The molecule has 200 valence electrons. The number of carbonyl (C=O) groups is 2. The highest BCUT2D eigenvalue weighted by Gasteiger charge is 2.35. The predicted octanol–water partition coefficient (Wildman–Crippen LogP) is 4.20. The number of rotatable bonds is 9. The van der Waals surface area contributed by atoms with Gasteiger partial charge in [-0.3, -0.25) is 9.59 Å². The van der Waals surface area contributed by atoms with E-state index in [1.807, 2.05) is 57.4 Å². The highest BCUT2D eigenvalue weighted by Crippen LogP contribution is 2.39. The number of amides is 2. The molecule has 2 atom stereocenters. The number of nitrogens with zero attached hydrogens (tertiary/aromatic N) is 4. The van der Waals surface area contributed by atoms with E-state index in [2.05, 4.69) is 27.2 Å². The minimum atomic E-state index is -0.171. The Morgan fingerprint density at radius 1 is 1.29 bits per heavy atom. The molecule has 2 aromatic heterocycles. The summed E-state index contributed by atoms with van der Waals surface area (Å²) in [7, 11) is 3.43. The van der Waals surface area contributed by atoms with Crippen LogP contribution in [-0.2, 0) is 4.79 Å². The van der Waals surface area contributed by atoms with Crippen LogP contribution >= 0.6 is 23.1 Å². The van der Waals surface area contributed by atoms with Crippen molar-refractivity contribution in [1.82, 2.24) is 25.1 Å². The van der Waals surface area contributed by atoms with Gasteiger partial charge in [-0.15, -0.1) is 0 Å². The van der Waals surface area contributed by atoms with Crippen LogP contribution in [0.5, 0.6) is 5.75 Å². The molecule has 1 aliphatic heterocycles. The Balaban J connectivity index is 1.55. The van der Waals surface area contributed by atoms with E-state index in [9.17, 15) is 9.59 Å². The van der Waals surface area contributed by atoms with E-state index in [1.165, 1.54) is 17.4 Å². The SMILES string of the molecule is C=CC(=O)N1CCN(C(=O)c2cc(Sc3cnc(Nc4ccccn4)s3)c(C)cc2OC)C[C@H]1C(C)NC. The van der Waals surface area contributed by atoms with Gasteiger partial charge < -0.3 is 25.2 Å². The molecule has 4 rings (SSSR count). The van der Waals surface area contributed by atoms with E-state index in [-0.39, 0.29) is 23.9 Å². The van der Waals surface area contributed by atoms with Gasteiger partial charge in [0.1, 0.15) is 11.6 Å². The summed E-state index contributed by atoms with van der Waals surface area (Å²) < 4.78 is 6.59. The van der Waals surface area contributed by atoms with Gasteiger partial charge in [-0.2, -0.15) is 0 Å². The Kier molecular flexibility index (Phi) is 9.03. The Morgan fingerprint density at radius 2 is 2.11 bits per heavy atom. The van der Waals surface area contributed by atoms with Crippen molar-refractivity contribution in [2.75, 3.05) is 39.1 Å². The Labute approximate surface area is 231 Å². The number of nitrogens with one attached hydrogen (secondary N) is 2. The number of carbonyl (C=O) groups excluding carboxylic acids is 2. The Hall–Kier alpha value is -3.41. The van der Waals surface area contributed by atoms with Crippen LogP contribution in [0.25, 0.3) is 0 Å². The highest BCUT2D eigenvalue weighted by molar-refractivity contribution is 8.01. The standard InChI is InChI=1S/C27H32N6O3S2/c1-6-24(34)33-12-11-32(16-20(33)18(3)28-4)26(35)19-14-22(17(2)13-21(19)36-5)37-25-15-30-27(38-25)31-23-9-7-8-10-29-23/h6-10,13-15,18,20,28H,1,11-12,16H2,2-5H3,(H,29,30,31)/t18?,20-/m0/s1. The molecule has 0 saturated carbocycles. The maximum absolute atomic E-state index is 13.8. The number of benzene rings is 1. The molecule has 11 heteroatoms. The first-order valence-electron chi connectivity index (χ1n) is 12.2. The zero-order chi connectivity index (χ0) is 27.2. The van der Waals surface area contributed by atoms with Crippen molar-refractivity contribution >= 4 is 45.9 Å². The van der Waals surface area contributed by atoms with Gasteiger partial charge >= 0.3 is 0 Å². The predicted molar refractivity (Wildman–Crippen MR) is 152 cm³/mol. The molecule has 2 amide bonds. The van der Waals surface area contributed by atoms with Gasteiger partial charge in [-0.1, -0.05) is 35.7 Å². The third kappa shape index (κ3) is 6.17. The quantitative estimate of drug-likeness (QED) is 0.381. The molecule has 0 radical (unpaired) electrons. The summed E-state index contributed by atoms with van der Waals surface area (Å²) in [6, 6.07) is 9.28. The van der Waals surface area contributed by atoms with E-state index >= 15 is 0 Å². The summed E-state index contributed by atoms with van der Waals surface area (Å²) in [5.41, 5.74) is 1.50. The molecule has 3 aromatic rings. The number of aryl methyl sites for hydroxylation is 1. The molecule has 1 fully saturated rings. The highest BCUT2D eigenvalue weighted by atomic mass is 32.2. The summed E-state index contributed by atoms with van der Waals surface area (Å²) >= 11 is 3.07. The van der Waals surface area contributed by atoms with Crippen molar-refractivity contribution < 1.29 is 14.3 Å². The second kappa shape index (κ2) is 12.4. The number of thiazole rings is 1. The fraction of sp³-hybridized carbons (Fsp3) is 0.333. The maximum Gasteiger partial charge on any atom is 0.257 e. The lowest BCUT2D eigenvalue weighted by Crippen LogP contribution is -2.61. The van der Waals surface area contributed by atoms with Crippen LogP contribution in [0.15, 0.2) is 64.5 Å². The minimum Gasteiger partial charge on any atom is -0.496 e. The second-order valence-electron chi connectivity index (χ2n) is 8.88. The summed E-state index contributed by atoms with van der Waals surface area (Å²) in [5, 5.41) is 7.17. The van der Waals surface area contributed by atoms with Crippen molar-refractivity contribution in [1.29, 1.82) is 0 Å². The van der Waals surface area contributed by atoms with Crippen LogP contribution in [0, 0.1) is 6.92 Å². The molecule has 1 aromatic carbocycles. The van der Waals surface area contributed by atoms with E-state index in [0.717, 1.165) is 25.6 Å². The molecule has 1 aliphatic rings. The number of piperazine rings is 1. The monoisotopic (exact) mass is 552 g/mol. The lowest BCUT2D eigenvalue weighted by molar-refractivity contribution is -0.131. The first kappa shape index (κ1) is 27.6. The summed E-state index contributed by atoms with van der Waals surface area (Å²) in [6.45, 7) is 8.93. The van der Waals surface area contributed by atoms with Crippen molar-refractivity contribution in [3.8, 4) is 5.75 Å². The van der Waals surface area contributed by atoms with Crippen LogP contribution in [-0.4, -0.2) is 77.5 Å². The van der Waals surface area contributed by atoms with E-state index in [0.29, 0.717) is 30.9 Å². The Bertz CT molecular complexity index is 1300. The number of aromatic nitrogens is 2. The van der Waals surface area contributed by atoms with E-state index in [1.54, 1.807) is 34.9 Å². The van der Waals surface area contributed by atoms with Crippen LogP contribution in [0.2, 0.25) is 0 Å². The number of pyridine rings is 1. The van der Waals surface area contributed by atoms with Gasteiger partial charge in [0.05, 0.1) is 29.1 Å². The van der Waals surface area contributed by atoms with Gasteiger partial charge in [-0.25, -0.2) is 9.97 Å². The number of methoxy groups -OCH3 is 1. The van der Waals surface area contributed by atoms with Crippen LogP contribution < -0.4 is 15.4 Å². The third-order valence-electron chi connectivity index (χ3n) is 6.52. The fourth-order valence-electron chi connectivity index (χ4n) is 4.30. The molecule has 2 N–H and O–H groups in total. The molecular weight excluding hydrogens is 520 g/mol. The van der Waals surface area contributed by atoms with Crippen LogP contribution in [0.1, 0.15) is 22.8 Å². The topological polar surface area (TPSA) is 99.7 Å². The summed E-state index contributed by atoms with van der Waals surface area (Å²) in [4.78, 5) is 39.5. The minimum absolute atomic E-state index is 0.000694. The first-order valence-corrected chi connectivity index (χ1v) is 13.9. The average Bonchev–Trinajstić information content (AvgIpc) is 3.39. The van der Waals surface area contributed by atoms with Crippen molar-refractivity contribution in [2.24, 2.45) is 0 Å². The summed E-state index contributed by atoms with van der Waals surface area (Å²) in [5.74, 6) is 1.01. The number of ether oxygens (including phenoxy) is 1. The molecular formula is C27H32N6O3S2. The number of hydrogen-bond acceptors (Lipinski definition) is 9. The second-order valence-corrected chi connectivity index (χ2v) is 11.2. The molecule has 38 heavy (non-hydrogen) atoms. The lowest BCUT2D eigenvalue weighted by Gasteiger charge is -2.43. The molecule has 3 heterocycles. The lowest BCUT2D eigenvalue weighted by atomic mass is 10.0. The van der Waals surface area contributed by atoms with Gasteiger partial charge in [0.2, 0.25) is 5.91 Å². The molecule has 0 aliphatic carbocycles. The number of anilines is 2. The van der Waals surface area contributed by atoms with Crippen LogP contribution in [0.3, 0.4) is 0 Å². The van der Waals surface area contributed by atoms with Crippen LogP contribution in [0.4, 0.5) is 10.9 Å². The molecule has 1 saturated heterocycles. The summed E-state index contributed by atoms with van der Waals surface area (Å²) in [6.07, 6.45) is 4.87. The van der Waals surface area contributed by atoms with Crippen molar-refractivity contribution in [2.45, 2.75) is 35.0 Å². The Morgan fingerprint density at radius 3 is 2.79 bits per heavy atom. The van der Waals surface area contributed by atoms with Crippen molar-refractivity contribution in [3.05, 3.63) is 66.5 Å². The molecule has 0 bridgehead atoms. The van der Waals surface area contributed by atoms with Crippen molar-refractivity contribution in [3.63, 3.8) is 0 Å².